The SMILES string of the molecule is CN=C(NCCC(C)c1cccc(C(F)(F)F)c1)N(C)CCC1CCOCC1. The summed E-state index contributed by atoms with van der Waals surface area (Å²) in [7, 11) is 3.77. The van der Waals surface area contributed by atoms with Crippen molar-refractivity contribution >= 4 is 5.96 Å². The Morgan fingerprint density at radius 3 is 2.68 bits per heavy atom. The van der Waals surface area contributed by atoms with Gasteiger partial charge in [0.2, 0.25) is 0 Å². The number of rotatable bonds is 7. The lowest BCUT2D eigenvalue weighted by atomic mass is 9.96. The molecule has 0 aromatic heterocycles. The predicted molar refractivity (Wildman–Crippen MR) is 107 cm³/mol. The number of hydrogen-bond donors (Lipinski definition) is 1. The van der Waals surface area contributed by atoms with Crippen molar-refractivity contribution in [2.24, 2.45) is 10.9 Å². The van der Waals surface area contributed by atoms with Gasteiger partial charge in [-0.25, -0.2) is 0 Å². The number of aliphatic imine (C=N–C) groups is 1. The largest absolute Gasteiger partial charge is 0.416 e. The van der Waals surface area contributed by atoms with Crippen LogP contribution in [0.4, 0.5) is 13.2 Å². The van der Waals surface area contributed by atoms with Crippen LogP contribution in [-0.2, 0) is 10.9 Å². The van der Waals surface area contributed by atoms with E-state index in [-0.39, 0.29) is 5.92 Å². The molecule has 0 spiro atoms. The predicted octanol–water partition coefficient (Wildman–Crippen LogP) is 4.52. The summed E-state index contributed by atoms with van der Waals surface area (Å²) in [4.78, 5) is 6.44. The Morgan fingerprint density at radius 2 is 2.04 bits per heavy atom. The van der Waals surface area contributed by atoms with Crippen LogP contribution in [0.15, 0.2) is 29.3 Å². The Morgan fingerprint density at radius 1 is 1.32 bits per heavy atom. The van der Waals surface area contributed by atoms with Crippen molar-refractivity contribution in [3.05, 3.63) is 35.4 Å². The number of alkyl halides is 3. The zero-order chi connectivity index (χ0) is 20.6. The highest BCUT2D eigenvalue weighted by Crippen LogP contribution is 2.31. The fourth-order valence-electron chi connectivity index (χ4n) is 3.49. The van der Waals surface area contributed by atoms with Gasteiger partial charge in [0.25, 0.3) is 0 Å². The number of ether oxygens (including phenoxy) is 1. The van der Waals surface area contributed by atoms with E-state index in [1.54, 1.807) is 13.1 Å². The third-order valence-corrected chi connectivity index (χ3v) is 5.43. The highest BCUT2D eigenvalue weighted by molar-refractivity contribution is 5.79. The van der Waals surface area contributed by atoms with Crippen LogP contribution in [0.2, 0.25) is 0 Å². The van der Waals surface area contributed by atoms with Crippen LogP contribution in [0, 0.1) is 5.92 Å². The van der Waals surface area contributed by atoms with Crippen molar-refractivity contribution in [1.29, 1.82) is 0 Å². The summed E-state index contributed by atoms with van der Waals surface area (Å²) in [6.07, 6.45) is -0.221. The van der Waals surface area contributed by atoms with Crippen molar-refractivity contribution in [2.45, 2.75) is 44.7 Å². The number of halogens is 3. The molecule has 0 amide bonds. The molecule has 0 radical (unpaired) electrons. The number of nitrogens with zero attached hydrogens (tertiary/aromatic N) is 2. The highest BCUT2D eigenvalue weighted by atomic mass is 19.4. The Labute approximate surface area is 166 Å². The Balaban J connectivity index is 1.78. The third-order valence-electron chi connectivity index (χ3n) is 5.43. The molecule has 1 aromatic carbocycles. The van der Waals surface area contributed by atoms with Crippen molar-refractivity contribution in [3.63, 3.8) is 0 Å². The van der Waals surface area contributed by atoms with E-state index in [1.807, 2.05) is 14.0 Å². The summed E-state index contributed by atoms with van der Waals surface area (Å²) >= 11 is 0. The van der Waals surface area contributed by atoms with Crippen LogP contribution in [-0.4, -0.2) is 51.3 Å². The van der Waals surface area contributed by atoms with Crippen molar-refractivity contribution in [3.8, 4) is 0 Å². The summed E-state index contributed by atoms with van der Waals surface area (Å²) in [5.41, 5.74) is 0.118. The summed E-state index contributed by atoms with van der Waals surface area (Å²) in [5.74, 6) is 1.55. The van der Waals surface area contributed by atoms with Gasteiger partial charge in [-0.1, -0.05) is 25.1 Å². The highest BCUT2D eigenvalue weighted by Gasteiger charge is 2.30. The summed E-state index contributed by atoms with van der Waals surface area (Å²) < 4.78 is 44.1. The first-order valence-electron chi connectivity index (χ1n) is 9.98. The molecule has 2 rings (SSSR count). The molecule has 4 nitrogen and oxygen atoms in total. The van der Waals surface area contributed by atoms with Gasteiger partial charge in [0.1, 0.15) is 0 Å². The molecule has 1 saturated heterocycles. The lowest BCUT2D eigenvalue weighted by Crippen LogP contribution is -2.40. The standard InChI is InChI=1S/C21H32F3N3O/c1-16(18-5-4-6-19(15-18)21(22,23)24)7-11-26-20(25-2)27(3)12-8-17-9-13-28-14-10-17/h4-6,15-17H,7-14H2,1-3H3,(H,25,26). The fraction of sp³-hybridized carbons (Fsp3) is 0.667. The molecule has 1 aromatic rings. The molecule has 1 unspecified atom stereocenters. The molecular formula is C21H32F3N3O. The lowest BCUT2D eigenvalue weighted by Gasteiger charge is -2.27. The monoisotopic (exact) mass is 399 g/mol. The molecule has 1 aliphatic heterocycles. The van der Waals surface area contributed by atoms with E-state index in [2.05, 4.69) is 15.2 Å². The second-order valence-electron chi connectivity index (χ2n) is 7.55. The maximum atomic E-state index is 12.9. The van der Waals surface area contributed by atoms with Crippen LogP contribution < -0.4 is 5.32 Å². The summed E-state index contributed by atoms with van der Waals surface area (Å²) in [6.45, 7) is 5.25. The van der Waals surface area contributed by atoms with Crippen molar-refractivity contribution in [1.82, 2.24) is 10.2 Å². The molecule has 28 heavy (non-hydrogen) atoms. The quantitative estimate of drug-likeness (QED) is 0.541. The Kier molecular flexibility index (Phi) is 8.60. The van der Waals surface area contributed by atoms with E-state index < -0.39 is 11.7 Å². The zero-order valence-corrected chi connectivity index (χ0v) is 17.1. The second kappa shape index (κ2) is 10.7. The first-order valence-corrected chi connectivity index (χ1v) is 9.98. The molecule has 0 saturated carbocycles. The first kappa shape index (κ1) is 22.5. The van der Waals surface area contributed by atoms with Crippen LogP contribution in [0.1, 0.15) is 49.7 Å². The van der Waals surface area contributed by atoms with Gasteiger partial charge in [-0.15, -0.1) is 0 Å². The van der Waals surface area contributed by atoms with Gasteiger partial charge in [0, 0.05) is 40.4 Å². The average Bonchev–Trinajstić information content (AvgIpc) is 2.69. The molecule has 1 heterocycles. The molecule has 1 aliphatic rings. The molecule has 1 fully saturated rings. The van der Waals surface area contributed by atoms with E-state index in [4.69, 9.17) is 4.74 Å². The smallest absolute Gasteiger partial charge is 0.381 e. The van der Waals surface area contributed by atoms with Gasteiger partial charge >= 0.3 is 6.18 Å². The van der Waals surface area contributed by atoms with Crippen LogP contribution in [0.5, 0.6) is 0 Å². The van der Waals surface area contributed by atoms with Gasteiger partial charge in [-0.2, -0.15) is 13.2 Å². The number of hydrogen-bond acceptors (Lipinski definition) is 2. The molecule has 158 valence electrons. The number of benzene rings is 1. The normalized spacial score (nSPS) is 17.4. The zero-order valence-electron chi connectivity index (χ0n) is 17.1. The fourth-order valence-corrected chi connectivity index (χ4v) is 3.49. The van der Waals surface area contributed by atoms with E-state index in [1.165, 1.54) is 12.1 Å². The lowest BCUT2D eigenvalue weighted by molar-refractivity contribution is -0.137. The maximum absolute atomic E-state index is 12.9. The van der Waals surface area contributed by atoms with Gasteiger partial charge in [-0.05, 0) is 49.1 Å². The minimum absolute atomic E-state index is 0.0282. The number of guanidine groups is 1. The Hall–Kier alpha value is -1.76. The minimum Gasteiger partial charge on any atom is -0.381 e. The second-order valence-corrected chi connectivity index (χ2v) is 7.55. The summed E-state index contributed by atoms with van der Waals surface area (Å²) in [5, 5.41) is 3.33. The van der Waals surface area contributed by atoms with Crippen LogP contribution in [0.3, 0.4) is 0 Å². The van der Waals surface area contributed by atoms with Crippen molar-refractivity contribution < 1.29 is 17.9 Å². The third kappa shape index (κ3) is 7.00. The molecule has 7 heteroatoms. The Bertz CT molecular complexity index is 628. The number of nitrogens with one attached hydrogen (secondary N) is 1. The van der Waals surface area contributed by atoms with Gasteiger partial charge in [0.15, 0.2) is 5.96 Å². The van der Waals surface area contributed by atoms with Crippen LogP contribution in [0.25, 0.3) is 0 Å². The summed E-state index contributed by atoms with van der Waals surface area (Å²) in [6, 6.07) is 5.60. The molecule has 0 bridgehead atoms. The molecular weight excluding hydrogens is 367 g/mol. The molecule has 0 aliphatic carbocycles. The molecule has 1 atom stereocenters. The topological polar surface area (TPSA) is 36.9 Å². The van der Waals surface area contributed by atoms with Gasteiger partial charge in [0.05, 0.1) is 5.56 Å². The van der Waals surface area contributed by atoms with E-state index in [0.717, 1.165) is 57.5 Å². The van der Waals surface area contributed by atoms with E-state index in [0.29, 0.717) is 18.0 Å². The van der Waals surface area contributed by atoms with Gasteiger partial charge < -0.3 is 15.0 Å². The van der Waals surface area contributed by atoms with E-state index in [9.17, 15) is 13.2 Å². The maximum Gasteiger partial charge on any atom is 0.416 e. The van der Waals surface area contributed by atoms with Crippen LogP contribution >= 0.6 is 0 Å². The van der Waals surface area contributed by atoms with Crippen molar-refractivity contribution in [2.75, 3.05) is 40.4 Å². The molecule has 1 N–H and O–H groups in total. The van der Waals surface area contributed by atoms with Gasteiger partial charge in [-0.3, -0.25) is 4.99 Å². The first-order chi connectivity index (χ1) is 13.3. The minimum atomic E-state index is -4.30. The van der Waals surface area contributed by atoms with E-state index >= 15 is 0 Å². The average molecular weight is 400 g/mol.